The van der Waals surface area contributed by atoms with E-state index >= 15 is 0 Å². The third-order valence-corrected chi connectivity index (χ3v) is 6.56. The molecule has 0 bridgehead atoms. The quantitative estimate of drug-likeness (QED) is 0.491. The minimum absolute atomic E-state index is 0.0376. The predicted octanol–water partition coefficient (Wildman–Crippen LogP) is 3.52. The molecule has 4 aromatic rings. The van der Waals surface area contributed by atoms with Gasteiger partial charge in [0.1, 0.15) is 11.3 Å². The van der Waals surface area contributed by atoms with Crippen molar-refractivity contribution in [3.05, 3.63) is 84.1 Å². The molecule has 32 heavy (non-hydrogen) atoms. The molecule has 2 aliphatic heterocycles. The number of aromatic nitrogens is 4. The predicted molar refractivity (Wildman–Crippen MR) is 120 cm³/mol. The molecular formula is C25H23N5O2. The summed E-state index contributed by atoms with van der Waals surface area (Å²) in [4.78, 5) is 23.7. The fourth-order valence-corrected chi connectivity index (χ4v) is 4.81. The maximum Gasteiger partial charge on any atom is 0.272 e. The number of para-hydroxylation sites is 1. The second kappa shape index (κ2) is 7.53. The van der Waals surface area contributed by atoms with Crippen LogP contribution >= 0.6 is 0 Å². The first-order valence-corrected chi connectivity index (χ1v) is 11.0. The van der Waals surface area contributed by atoms with Gasteiger partial charge in [0.25, 0.3) is 5.91 Å². The molecule has 2 aliphatic rings. The number of hydrogen-bond acceptors (Lipinski definition) is 5. The lowest BCUT2D eigenvalue weighted by Gasteiger charge is -2.42. The minimum atomic E-state index is -0.424. The Morgan fingerprint density at radius 2 is 1.88 bits per heavy atom. The fourth-order valence-electron chi connectivity index (χ4n) is 4.81. The van der Waals surface area contributed by atoms with E-state index in [9.17, 15) is 4.79 Å². The topological polar surface area (TPSA) is 73.1 Å². The van der Waals surface area contributed by atoms with E-state index < -0.39 is 5.60 Å². The molecule has 7 nitrogen and oxygen atoms in total. The summed E-state index contributed by atoms with van der Waals surface area (Å²) in [6.45, 7) is 1.92. The van der Waals surface area contributed by atoms with E-state index in [0.29, 0.717) is 25.4 Å². The Morgan fingerprint density at radius 3 is 2.72 bits per heavy atom. The van der Waals surface area contributed by atoms with Crippen molar-refractivity contribution in [2.24, 2.45) is 0 Å². The lowest BCUT2D eigenvalue weighted by molar-refractivity contribution is -0.0963. The van der Waals surface area contributed by atoms with Gasteiger partial charge < -0.3 is 9.64 Å². The number of carbonyl (C=O) groups is 1. The first kappa shape index (κ1) is 19.1. The van der Waals surface area contributed by atoms with Crippen molar-refractivity contribution >= 4 is 16.8 Å². The van der Waals surface area contributed by atoms with Gasteiger partial charge in [0.15, 0.2) is 0 Å². The largest absolute Gasteiger partial charge is 0.368 e. The van der Waals surface area contributed by atoms with E-state index in [0.717, 1.165) is 41.5 Å². The normalized spacial score (nSPS) is 17.4. The zero-order valence-corrected chi connectivity index (χ0v) is 17.6. The van der Waals surface area contributed by atoms with Gasteiger partial charge in [-0.2, -0.15) is 5.10 Å². The van der Waals surface area contributed by atoms with Crippen LogP contribution in [0.2, 0.25) is 0 Å². The summed E-state index contributed by atoms with van der Waals surface area (Å²) in [5.74, 6) is -0.0376. The third-order valence-electron chi connectivity index (χ3n) is 6.56. The number of nitrogens with zero attached hydrogens (tertiary/aromatic N) is 5. The van der Waals surface area contributed by atoms with Crippen LogP contribution in [0.1, 0.15) is 34.6 Å². The van der Waals surface area contributed by atoms with Gasteiger partial charge in [-0.15, -0.1) is 0 Å². The molecule has 1 amide bonds. The summed E-state index contributed by atoms with van der Waals surface area (Å²) in [6.07, 6.45) is 7.90. The zero-order chi connectivity index (χ0) is 21.5. The number of likely N-dealkylation sites (tertiary alicyclic amines) is 1. The van der Waals surface area contributed by atoms with E-state index in [1.54, 1.807) is 18.5 Å². The SMILES string of the molecule is O=C(c1ccc2cnccc2n1)N1CCC2(CC1)OCCc1cn(-c3ccccc3)nc12. The number of fused-ring (bicyclic) bond motifs is 3. The van der Waals surface area contributed by atoms with Gasteiger partial charge in [-0.25, -0.2) is 9.67 Å². The fraction of sp³-hybridized carbons (Fsp3) is 0.280. The molecule has 3 aromatic heterocycles. The molecule has 7 heteroatoms. The lowest BCUT2D eigenvalue weighted by atomic mass is 9.83. The van der Waals surface area contributed by atoms with E-state index in [4.69, 9.17) is 9.84 Å². The summed E-state index contributed by atoms with van der Waals surface area (Å²) < 4.78 is 8.29. The molecule has 1 spiro atoms. The highest BCUT2D eigenvalue weighted by molar-refractivity contribution is 5.94. The highest BCUT2D eigenvalue weighted by atomic mass is 16.5. The van der Waals surface area contributed by atoms with Crippen molar-refractivity contribution in [3.63, 3.8) is 0 Å². The van der Waals surface area contributed by atoms with Crippen LogP contribution in [0.4, 0.5) is 0 Å². The summed E-state index contributed by atoms with van der Waals surface area (Å²) in [5.41, 5.74) is 4.14. The molecule has 0 radical (unpaired) electrons. The highest BCUT2D eigenvalue weighted by Crippen LogP contribution is 2.41. The third kappa shape index (κ3) is 3.17. The second-order valence-electron chi connectivity index (χ2n) is 8.43. The Balaban J connectivity index is 1.23. The van der Waals surface area contributed by atoms with E-state index in [2.05, 4.69) is 28.3 Å². The number of rotatable bonds is 2. The Hall–Kier alpha value is -3.58. The molecule has 5 heterocycles. The van der Waals surface area contributed by atoms with Crippen LogP contribution in [-0.4, -0.2) is 50.3 Å². The summed E-state index contributed by atoms with van der Waals surface area (Å²) in [7, 11) is 0. The summed E-state index contributed by atoms with van der Waals surface area (Å²) >= 11 is 0. The number of ether oxygens (including phenoxy) is 1. The minimum Gasteiger partial charge on any atom is -0.368 e. The van der Waals surface area contributed by atoms with Crippen LogP contribution in [-0.2, 0) is 16.8 Å². The first-order chi connectivity index (χ1) is 15.7. The zero-order valence-electron chi connectivity index (χ0n) is 17.6. The molecule has 0 saturated carbocycles. The number of piperidine rings is 1. The van der Waals surface area contributed by atoms with Crippen LogP contribution in [0.3, 0.4) is 0 Å². The molecule has 0 atom stereocenters. The van der Waals surface area contributed by atoms with Gasteiger partial charge in [0.2, 0.25) is 0 Å². The summed E-state index contributed by atoms with van der Waals surface area (Å²) in [6, 6.07) is 15.7. The van der Waals surface area contributed by atoms with Gasteiger partial charge in [0.05, 0.1) is 23.5 Å². The van der Waals surface area contributed by atoms with E-state index in [1.165, 1.54) is 5.56 Å². The molecular weight excluding hydrogens is 402 g/mol. The van der Waals surface area contributed by atoms with Crippen LogP contribution in [0.5, 0.6) is 0 Å². The van der Waals surface area contributed by atoms with Crippen LogP contribution < -0.4 is 0 Å². The van der Waals surface area contributed by atoms with E-state index in [1.807, 2.05) is 39.9 Å². The Kier molecular flexibility index (Phi) is 4.50. The monoisotopic (exact) mass is 425 g/mol. The Morgan fingerprint density at radius 1 is 1.03 bits per heavy atom. The number of carbonyl (C=O) groups excluding carboxylic acids is 1. The average Bonchev–Trinajstić information content (AvgIpc) is 3.31. The molecule has 160 valence electrons. The van der Waals surface area contributed by atoms with Gasteiger partial charge in [-0.05, 0) is 55.2 Å². The molecule has 0 aliphatic carbocycles. The number of amides is 1. The molecule has 1 fully saturated rings. The van der Waals surface area contributed by atoms with Crippen LogP contribution in [0.15, 0.2) is 67.1 Å². The van der Waals surface area contributed by atoms with E-state index in [-0.39, 0.29) is 5.91 Å². The number of benzene rings is 1. The van der Waals surface area contributed by atoms with Crippen molar-refractivity contribution in [2.75, 3.05) is 19.7 Å². The Labute approximate surface area is 185 Å². The maximum absolute atomic E-state index is 13.1. The molecule has 6 rings (SSSR count). The average molecular weight is 425 g/mol. The molecule has 0 unspecified atom stereocenters. The first-order valence-electron chi connectivity index (χ1n) is 11.0. The van der Waals surface area contributed by atoms with Crippen LogP contribution in [0.25, 0.3) is 16.6 Å². The smallest absolute Gasteiger partial charge is 0.272 e. The van der Waals surface area contributed by atoms with Gasteiger partial charge >= 0.3 is 0 Å². The van der Waals surface area contributed by atoms with Crippen molar-refractivity contribution in [3.8, 4) is 5.69 Å². The second-order valence-corrected chi connectivity index (χ2v) is 8.43. The van der Waals surface area contributed by atoms with Gasteiger partial charge in [0, 0.05) is 37.1 Å². The molecule has 1 aromatic carbocycles. The standard InChI is InChI=1S/C25H23N5O2/c31-24(22-7-6-18-16-26-12-8-21(18)27-22)29-13-10-25(11-14-29)23-19(9-15-32-25)17-30(28-23)20-4-2-1-3-5-20/h1-8,12,16-17H,9-11,13-15H2. The lowest BCUT2D eigenvalue weighted by Crippen LogP contribution is -2.48. The summed E-state index contributed by atoms with van der Waals surface area (Å²) in [5, 5.41) is 5.86. The van der Waals surface area contributed by atoms with Crippen molar-refractivity contribution in [1.82, 2.24) is 24.6 Å². The van der Waals surface area contributed by atoms with Crippen molar-refractivity contribution in [2.45, 2.75) is 24.9 Å². The number of pyridine rings is 2. The van der Waals surface area contributed by atoms with Crippen LogP contribution in [0, 0.1) is 0 Å². The van der Waals surface area contributed by atoms with Crippen molar-refractivity contribution in [1.29, 1.82) is 0 Å². The number of hydrogen-bond donors (Lipinski definition) is 0. The van der Waals surface area contributed by atoms with Gasteiger partial charge in [-0.1, -0.05) is 18.2 Å². The molecule has 0 N–H and O–H groups in total. The molecule has 1 saturated heterocycles. The Bertz CT molecular complexity index is 1290. The highest BCUT2D eigenvalue weighted by Gasteiger charge is 2.44. The van der Waals surface area contributed by atoms with Crippen molar-refractivity contribution < 1.29 is 9.53 Å². The maximum atomic E-state index is 13.1. The van der Waals surface area contributed by atoms with Gasteiger partial charge in [-0.3, -0.25) is 9.78 Å².